The van der Waals surface area contributed by atoms with Gasteiger partial charge >= 0.3 is 5.97 Å². The van der Waals surface area contributed by atoms with Crippen LogP contribution in [0.3, 0.4) is 0 Å². The summed E-state index contributed by atoms with van der Waals surface area (Å²) in [5.74, 6) is -0.791. The van der Waals surface area contributed by atoms with Gasteiger partial charge in [-0.3, -0.25) is 9.10 Å². The Morgan fingerprint density at radius 3 is 2.38 bits per heavy atom. The molecule has 0 amide bonds. The Morgan fingerprint density at radius 2 is 1.74 bits per heavy atom. The summed E-state index contributed by atoms with van der Waals surface area (Å²) in [6.07, 6.45) is 1.48. The Kier molecular flexibility index (Phi) is 8.24. The van der Waals surface area contributed by atoms with Crippen LogP contribution < -0.4 is 10.0 Å². The summed E-state index contributed by atoms with van der Waals surface area (Å²) in [4.78, 5) is 12.3. The van der Waals surface area contributed by atoms with E-state index in [4.69, 9.17) is 38.9 Å². The number of unbranched alkanes of at least 4 members (excludes halogenated alkanes) is 1. The summed E-state index contributed by atoms with van der Waals surface area (Å²) in [6, 6.07) is 13.9. The molecule has 3 aromatic rings. The van der Waals surface area contributed by atoms with Crippen molar-refractivity contribution in [3.63, 3.8) is 0 Å². The average Bonchev–Trinajstić information content (AvgIpc) is 2.80. The normalized spacial score (nSPS) is 12.0. The molecule has 180 valence electrons. The Morgan fingerprint density at radius 1 is 1.06 bits per heavy atom. The SMILES string of the molecule is CCCCOC(=O)CN(c1ccc2ccc(/C(N)=N/O)cc2c1)S(=O)(=O)c1cc(Cl)cc(Cl)c1. The van der Waals surface area contributed by atoms with Crippen LogP contribution in [-0.2, 0) is 19.6 Å². The van der Waals surface area contributed by atoms with Crippen molar-refractivity contribution in [3.8, 4) is 0 Å². The lowest BCUT2D eigenvalue weighted by molar-refractivity contribution is -0.141. The lowest BCUT2D eigenvalue weighted by Crippen LogP contribution is -2.36. The molecule has 0 unspecified atom stereocenters. The second kappa shape index (κ2) is 10.9. The highest BCUT2D eigenvalue weighted by atomic mass is 35.5. The summed E-state index contributed by atoms with van der Waals surface area (Å²) in [5, 5.41) is 13.6. The summed E-state index contributed by atoms with van der Waals surface area (Å²) in [5.41, 5.74) is 6.35. The van der Waals surface area contributed by atoms with E-state index in [1.165, 1.54) is 18.2 Å². The largest absolute Gasteiger partial charge is 0.464 e. The molecular formula is C23H23Cl2N3O5S. The zero-order valence-electron chi connectivity index (χ0n) is 18.2. The van der Waals surface area contributed by atoms with Crippen LogP contribution in [0.1, 0.15) is 25.3 Å². The van der Waals surface area contributed by atoms with Crippen molar-refractivity contribution in [2.75, 3.05) is 17.5 Å². The molecule has 0 aliphatic heterocycles. The fraction of sp³-hybridized carbons (Fsp3) is 0.217. The van der Waals surface area contributed by atoms with E-state index in [1.54, 1.807) is 36.4 Å². The van der Waals surface area contributed by atoms with Gasteiger partial charge in [0.05, 0.1) is 17.2 Å². The number of nitrogens with zero attached hydrogens (tertiary/aromatic N) is 2. The number of nitrogens with two attached hydrogens (primary N) is 1. The minimum Gasteiger partial charge on any atom is -0.464 e. The molecule has 0 bridgehead atoms. The number of amidine groups is 1. The van der Waals surface area contributed by atoms with Crippen LogP contribution in [0.15, 0.2) is 64.6 Å². The van der Waals surface area contributed by atoms with Crippen molar-refractivity contribution in [2.45, 2.75) is 24.7 Å². The highest BCUT2D eigenvalue weighted by Crippen LogP contribution is 2.30. The van der Waals surface area contributed by atoms with Gasteiger partial charge in [0.15, 0.2) is 5.84 Å². The number of esters is 1. The van der Waals surface area contributed by atoms with Crippen molar-refractivity contribution < 1.29 is 23.2 Å². The van der Waals surface area contributed by atoms with Crippen LogP contribution in [0.25, 0.3) is 10.8 Å². The first kappa shape index (κ1) is 25.6. The van der Waals surface area contributed by atoms with Crippen LogP contribution in [0.4, 0.5) is 5.69 Å². The van der Waals surface area contributed by atoms with Crippen LogP contribution in [0, 0.1) is 0 Å². The summed E-state index contributed by atoms with van der Waals surface area (Å²) < 4.78 is 33.3. The fourth-order valence-corrected chi connectivity index (χ4v) is 5.35. The van der Waals surface area contributed by atoms with Crippen molar-refractivity contribution in [2.24, 2.45) is 10.9 Å². The number of halogens is 2. The first-order valence-corrected chi connectivity index (χ1v) is 12.5. The Hall–Kier alpha value is -3.01. The topological polar surface area (TPSA) is 122 Å². The van der Waals surface area contributed by atoms with Crippen LogP contribution in [0.5, 0.6) is 0 Å². The number of hydrogen-bond acceptors (Lipinski definition) is 6. The molecule has 0 fully saturated rings. The lowest BCUT2D eigenvalue weighted by atomic mass is 10.1. The zero-order valence-corrected chi connectivity index (χ0v) is 20.6. The quantitative estimate of drug-likeness (QED) is 0.104. The number of fused-ring (bicyclic) bond motifs is 1. The maximum absolute atomic E-state index is 13.6. The molecule has 0 aromatic heterocycles. The monoisotopic (exact) mass is 523 g/mol. The average molecular weight is 524 g/mol. The smallest absolute Gasteiger partial charge is 0.326 e. The molecule has 0 aliphatic carbocycles. The minimum absolute atomic E-state index is 0.0927. The van der Waals surface area contributed by atoms with Gasteiger partial charge in [-0.05, 0) is 53.6 Å². The highest BCUT2D eigenvalue weighted by molar-refractivity contribution is 7.92. The first-order chi connectivity index (χ1) is 16.1. The first-order valence-electron chi connectivity index (χ1n) is 10.3. The van der Waals surface area contributed by atoms with Gasteiger partial charge in [0.25, 0.3) is 10.0 Å². The van der Waals surface area contributed by atoms with Gasteiger partial charge in [-0.2, -0.15) is 0 Å². The molecule has 3 rings (SSSR count). The molecule has 0 atom stereocenters. The Balaban J connectivity index is 2.10. The van der Waals surface area contributed by atoms with Crippen LogP contribution in [0.2, 0.25) is 10.0 Å². The van der Waals surface area contributed by atoms with E-state index in [9.17, 15) is 13.2 Å². The van der Waals surface area contributed by atoms with E-state index in [1.807, 2.05) is 6.92 Å². The minimum atomic E-state index is -4.25. The number of hydrogen-bond donors (Lipinski definition) is 2. The van der Waals surface area contributed by atoms with Gasteiger partial charge < -0.3 is 15.7 Å². The lowest BCUT2D eigenvalue weighted by Gasteiger charge is -2.24. The predicted molar refractivity (Wildman–Crippen MR) is 133 cm³/mol. The van der Waals surface area contributed by atoms with E-state index < -0.39 is 22.5 Å². The third-order valence-corrected chi connectivity index (χ3v) is 7.16. The number of carbonyl (C=O) groups is 1. The van der Waals surface area contributed by atoms with E-state index in [0.717, 1.165) is 16.1 Å². The van der Waals surface area contributed by atoms with Gasteiger partial charge in [0.2, 0.25) is 0 Å². The molecule has 3 aromatic carbocycles. The van der Waals surface area contributed by atoms with Gasteiger partial charge in [0, 0.05) is 15.6 Å². The van der Waals surface area contributed by atoms with Crippen LogP contribution >= 0.6 is 23.2 Å². The summed E-state index contributed by atoms with van der Waals surface area (Å²) >= 11 is 12.1. The second-order valence-corrected chi connectivity index (χ2v) is 10.2. The van der Waals surface area contributed by atoms with Gasteiger partial charge in [0.1, 0.15) is 6.54 Å². The molecule has 3 N–H and O–H groups in total. The third-order valence-electron chi connectivity index (χ3n) is 4.97. The van der Waals surface area contributed by atoms with E-state index >= 15 is 0 Å². The van der Waals surface area contributed by atoms with Crippen molar-refractivity contribution in [1.82, 2.24) is 0 Å². The number of sulfonamides is 1. The maximum Gasteiger partial charge on any atom is 0.326 e. The predicted octanol–water partition coefficient (Wildman–Crippen LogP) is 4.78. The molecule has 0 aliphatic rings. The number of anilines is 1. The number of carbonyl (C=O) groups excluding carboxylic acids is 1. The standard InChI is InChI=1S/C23H23Cl2N3O5S/c1-2-3-8-33-22(29)14-28(34(31,32)21-12-18(24)11-19(25)13-21)20-7-6-15-4-5-16(23(26)27-30)9-17(15)10-20/h4-7,9-13,30H,2-3,8,14H2,1H3,(H2,26,27). The van der Waals surface area contributed by atoms with Crippen LogP contribution in [-0.4, -0.2) is 38.6 Å². The second-order valence-electron chi connectivity index (χ2n) is 7.42. The van der Waals surface area contributed by atoms with Gasteiger partial charge in [-0.15, -0.1) is 0 Å². The molecule has 11 heteroatoms. The van der Waals surface area contributed by atoms with Gasteiger partial charge in [-0.25, -0.2) is 8.42 Å². The zero-order chi connectivity index (χ0) is 24.9. The molecule has 34 heavy (non-hydrogen) atoms. The number of rotatable bonds is 9. The van der Waals surface area contributed by atoms with E-state index in [-0.39, 0.29) is 33.1 Å². The molecule has 0 spiro atoms. The molecular weight excluding hydrogens is 501 g/mol. The highest BCUT2D eigenvalue weighted by Gasteiger charge is 2.29. The fourth-order valence-electron chi connectivity index (χ4n) is 3.22. The third kappa shape index (κ3) is 5.91. The molecule has 0 saturated heterocycles. The van der Waals surface area contributed by atoms with Crippen molar-refractivity contribution in [3.05, 3.63) is 70.2 Å². The van der Waals surface area contributed by atoms with Gasteiger partial charge in [-0.1, -0.05) is 59.9 Å². The summed E-state index contributed by atoms with van der Waals surface area (Å²) in [7, 11) is -4.25. The number of oxime groups is 1. The van der Waals surface area contributed by atoms with Crippen molar-refractivity contribution >= 4 is 61.5 Å². The number of benzene rings is 3. The molecule has 0 radical (unpaired) electrons. The molecule has 8 nitrogen and oxygen atoms in total. The van der Waals surface area contributed by atoms with E-state index in [0.29, 0.717) is 17.4 Å². The summed E-state index contributed by atoms with van der Waals surface area (Å²) in [6.45, 7) is 1.58. The van der Waals surface area contributed by atoms with E-state index in [2.05, 4.69) is 5.16 Å². The molecule has 0 heterocycles. The molecule has 0 saturated carbocycles. The number of ether oxygens (including phenoxy) is 1. The Labute approximate surface area is 207 Å². The Bertz CT molecular complexity index is 1330. The maximum atomic E-state index is 13.6. The van der Waals surface area contributed by atoms with Crippen molar-refractivity contribution in [1.29, 1.82) is 0 Å².